The van der Waals surface area contributed by atoms with Crippen molar-refractivity contribution in [1.82, 2.24) is 0 Å². The van der Waals surface area contributed by atoms with Crippen LogP contribution in [-0.2, 0) is 12.6 Å². The highest BCUT2D eigenvalue weighted by atomic mass is 35.5. The van der Waals surface area contributed by atoms with Gasteiger partial charge in [-0.25, -0.2) is 0 Å². The average molecular weight is 565 g/mol. The third-order valence-corrected chi connectivity index (χ3v) is 6.33. The molecule has 0 aromatic heterocycles. The molecule has 0 saturated carbocycles. The molecular formula is C29H32ClF3N2O4. The Morgan fingerprint density at radius 1 is 1.03 bits per heavy atom. The largest absolute Gasteiger partial charge is 0.489 e. The first-order valence-electron chi connectivity index (χ1n) is 12.3. The summed E-state index contributed by atoms with van der Waals surface area (Å²) in [7, 11) is 0. The van der Waals surface area contributed by atoms with E-state index in [1.54, 1.807) is 12.1 Å². The van der Waals surface area contributed by atoms with Crippen LogP contribution in [0.15, 0.2) is 71.3 Å². The zero-order valence-electron chi connectivity index (χ0n) is 22.1. The number of carbonyl (C=O) groups excluding carboxylic acids is 1. The van der Waals surface area contributed by atoms with Gasteiger partial charge in [-0.05, 0) is 82.7 Å². The van der Waals surface area contributed by atoms with E-state index >= 15 is 0 Å². The Morgan fingerprint density at radius 2 is 1.64 bits per heavy atom. The summed E-state index contributed by atoms with van der Waals surface area (Å²) in [5.41, 5.74) is 7.72. The van der Waals surface area contributed by atoms with E-state index in [1.807, 2.05) is 32.9 Å². The SMILES string of the molecule is CC(=CCCC(C)=CCc1cccc(C(N)=O)c1[N+](=O)[O-])CCC=C(C)COc1ccc(C(F)(F)F)c(Cl)c1. The van der Waals surface area contributed by atoms with E-state index < -0.39 is 27.6 Å². The zero-order chi connectivity index (χ0) is 29.2. The predicted molar refractivity (Wildman–Crippen MR) is 147 cm³/mol. The van der Waals surface area contributed by atoms with Gasteiger partial charge in [-0.2, -0.15) is 13.2 Å². The van der Waals surface area contributed by atoms with E-state index in [-0.39, 0.29) is 23.6 Å². The van der Waals surface area contributed by atoms with Crippen LogP contribution in [0.2, 0.25) is 5.02 Å². The number of alkyl halides is 3. The summed E-state index contributed by atoms with van der Waals surface area (Å²) < 4.78 is 44.0. The first kappa shape index (κ1) is 31.6. The van der Waals surface area contributed by atoms with Crippen LogP contribution in [0.1, 0.15) is 67.9 Å². The number of amides is 1. The molecule has 0 fully saturated rings. The van der Waals surface area contributed by atoms with E-state index in [0.29, 0.717) is 12.0 Å². The van der Waals surface area contributed by atoms with Crippen LogP contribution in [0.5, 0.6) is 5.75 Å². The van der Waals surface area contributed by atoms with Crippen LogP contribution in [0.4, 0.5) is 18.9 Å². The van der Waals surface area contributed by atoms with Gasteiger partial charge in [-0.3, -0.25) is 14.9 Å². The van der Waals surface area contributed by atoms with Crippen molar-refractivity contribution in [3.8, 4) is 5.75 Å². The Hall–Kier alpha value is -3.59. The minimum atomic E-state index is -4.51. The number of carbonyl (C=O) groups is 1. The minimum Gasteiger partial charge on any atom is -0.489 e. The quantitative estimate of drug-likeness (QED) is 0.150. The van der Waals surface area contributed by atoms with E-state index in [9.17, 15) is 28.1 Å². The molecule has 10 heteroatoms. The molecule has 2 rings (SSSR count). The molecule has 0 atom stereocenters. The highest BCUT2D eigenvalue weighted by molar-refractivity contribution is 6.31. The highest BCUT2D eigenvalue weighted by Crippen LogP contribution is 2.36. The van der Waals surface area contributed by atoms with Crippen molar-refractivity contribution >= 4 is 23.2 Å². The number of nitrogens with zero attached hydrogens (tertiary/aromatic N) is 1. The van der Waals surface area contributed by atoms with E-state index in [0.717, 1.165) is 42.9 Å². The summed E-state index contributed by atoms with van der Waals surface area (Å²) in [5.74, 6) is -0.554. The molecule has 0 aliphatic rings. The van der Waals surface area contributed by atoms with Crippen molar-refractivity contribution < 1.29 is 27.6 Å². The van der Waals surface area contributed by atoms with Crippen LogP contribution in [0, 0.1) is 10.1 Å². The second-order valence-electron chi connectivity index (χ2n) is 9.30. The first-order chi connectivity index (χ1) is 18.3. The number of hydrogen-bond donors (Lipinski definition) is 1. The highest BCUT2D eigenvalue weighted by Gasteiger charge is 2.33. The minimum absolute atomic E-state index is 0.0954. The van der Waals surface area contributed by atoms with Gasteiger partial charge in [0.1, 0.15) is 17.9 Å². The number of hydrogen-bond acceptors (Lipinski definition) is 4. The number of allylic oxidation sites excluding steroid dienone is 5. The van der Waals surface area contributed by atoms with Gasteiger partial charge < -0.3 is 10.5 Å². The molecule has 2 aromatic carbocycles. The number of para-hydroxylation sites is 1. The molecular weight excluding hydrogens is 533 g/mol. The molecule has 0 spiro atoms. The fourth-order valence-corrected chi connectivity index (χ4v) is 4.10. The normalized spacial score (nSPS) is 12.9. The zero-order valence-corrected chi connectivity index (χ0v) is 22.9. The summed E-state index contributed by atoms with van der Waals surface area (Å²) >= 11 is 5.72. The number of ether oxygens (including phenoxy) is 1. The lowest BCUT2D eigenvalue weighted by Gasteiger charge is -2.11. The Labute approximate surface area is 231 Å². The Bertz CT molecular complexity index is 1280. The molecule has 6 nitrogen and oxygen atoms in total. The van der Waals surface area contributed by atoms with E-state index in [1.165, 1.54) is 23.8 Å². The number of rotatable bonds is 13. The molecule has 0 aliphatic carbocycles. The number of nitro benzene ring substituents is 1. The van der Waals surface area contributed by atoms with Crippen LogP contribution >= 0.6 is 11.6 Å². The molecule has 210 valence electrons. The maximum absolute atomic E-state index is 12.8. The van der Waals surface area contributed by atoms with Crippen molar-refractivity contribution in [1.29, 1.82) is 0 Å². The van der Waals surface area contributed by atoms with Crippen LogP contribution in [-0.4, -0.2) is 17.4 Å². The molecule has 0 unspecified atom stereocenters. The van der Waals surface area contributed by atoms with Gasteiger partial charge >= 0.3 is 6.18 Å². The molecule has 0 radical (unpaired) electrons. The lowest BCUT2D eigenvalue weighted by molar-refractivity contribution is -0.385. The van der Waals surface area contributed by atoms with E-state index in [4.69, 9.17) is 22.1 Å². The summed E-state index contributed by atoms with van der Waals surface area (Å²) in [6, 6.07) is 7.90. The molecule has 39 heavy (non-hydrogen) atoms. The Morgan fingerprint density at radius 3 is 2.21 bits per heavy atom. The average Bonchev–Trinajstić information content (AvgIpc) is 2.85. The van der Waals surface area contributed by atoms with Gasteiger partial charge in [0.15, 0.2) is 0 Å². The number of nitrogens with two attached hydrogens (primary N) is 1. The van der Waals surface area contributed by atoms with Crippen LogP contribution < -0.4 is 10.5 Å². The fraction of sp³-hybridized carbons (Fsp3) is 0.345. The van der Waals surface area contributed by atoms with E-state index in [2.05, 4.69) is 6.08 Å². The van der Waals surface area contributed by atoms with Gasteiger partial charge in [-0.1, -0.05) is 53.1 Å². The summed E-state index contributed by atoms with van der Waals surface area (Å²) in [4.78, 5) is 22.4. The van der Waals surface area contributed by atoms with Gasteiger partial charge in [0.05, 0.1) is 15.5 Å². The monoisotopic (exact) mass is 564 g/mol. The lowest BCUT2D eigenvalue weighted by Crippen LogP contribution is -2.14. The third-order valence-electron chi connectivity index (χ3n) is 6.01. The molecule has 0 bridgehead atoms. The summed E-state index contributed by atoms with van der Waals surface area (Å²) in [6.07, 6.45) is 5.17. The predicted octanol–water partition coefficient (Wildman–Crippen LogP) is 8.39. The second kappa shape index (κ2) is 14.5. The Kier molecular flexibility index (Phi) is 11.8. The number of primary amides is 1. The summed E-state index contributed by atoms with van der Waals surface area (Å²) in [6.45, 7) is 6.14. The third kappa shape index (κ3) is 10.2. The Balaban J connectivity index is 1.81. The van der Waals surface area contributed by atoms with Crippen molar-refractivity contribution in [2.45, 2.75) is 59.1 Å². The molecule has 2 aromatic rings. The maximum Gasteiger partial charge on any atom is 0.417 e. The maximum atomic E-state index is 12.8. The topological polar surface area (TPSA) is 95.5 Å². The van der Waals surface area contributed by atoms with Crippen molar-refractivity contribution in [2.75, 3.05) is 6.61 Å². The number of halogens is 4. The number of nitro groups is 1. The van der Waals surface area contributed by atoms with Gasteiger partial charge in [-0.15, -0.1) is 0 Å². The van der Waals surface area contributed by atoms with Gasteiger partial charge in [0.2, 0.25) is 0 Å². The van der Waals surface area contributed by atoms with Crippen LogP contribution in [0.25, 0.3) is 0 Å². The standard InChI is InChI=1S/C29H32ClF3N2O4/c1-19(8-5-10-21(3)18-39-23-15-16-25(26(30)17-23)29(31,32)33)7-4-9-20(2)13-14-22-11-6-12-24(28(34)36)27(22)35(37)38/h6-7,10-13,15-17H,4-5,8-9,14,18H2,1-3H3,(H2,34,36). The number of benzene rings is 2. The molecule has 1 amide bonds. The van der Waals surface area contributed by atoms with Crippen molar-refractivity contribution in [3.63, 3.8) is 0 Å². The van der Waals surface area contributed by atoms with Crippen molar-refractivity contribution in [3.05, 3.63) is 103 Å². The first-order valence-corrected chi connectivity index (χ1v) is 12.7. The smallest absolute Gasteiger partial charge is 0.417 e. The lowest BCUT2D eigenvalue weighted by atomic mass is 10.0. The van der Waals surface area contributed by atoms with Gasteiger partial charge in [0.25, 0.3) is 11.6 Å². The van der Waals surface area contributed by atoms with Crippen LogP contribution in [0.3, 0.4) is 0 Å². The fourth-order valence-electron chi connectivity index (χ4n) is 3.82. The second-order valence-corrected chi connectivity index (χ2v) is 9.70. The van der Waals surface area contributed by atoms with Gasteiger partial charge in [0, 0.05) is 5.56 Å². The molecule has 0 heterocycles. The molecule has 0 aliphatic heterocycles. The molecule has 0 saturated heterocycles. The van der Waals surface area contributed by atoms with Crippen molar-refractivity contribution in [2.24, 2.45) is 5.73 Å². The summed E-state index contributed by atoms with van der Waals surface area (Å²) in [5, 5.41) is 11.0. The molecule has 2 N–H and O–H groups in total.